The van der Waals surface area contributed by atoms with Crippen LogP contribution in [0.2, 0.25) is 16.6 Å². The number of alkyl carbamates (subject to hydrolysis) is 1. The number of amides is 1. The standard InChI is InChI=1S/C24H45NO6Si/c1-15(2)32(16(3)4,17(5)6)31-19-12-11-18(21(26)14-19)13-20(22(27)29-10)25-23(28)30-24(7,8)9/h11,15-17,19-21,26H,12-14H2,1-10H3,(H,25,28)/t19-,20+,21+/m1/s1. The molecule has 0 aromatic heterocycles. The van der Waals surface area contributed by atoms with Gasteiger partial charge in [-0.2, -0.15) is 0 Å². The van der Waals surface area contributed by atoms with Crippen molar-refractivity contribution in [1.29, 1.82) is 0 Å². The van der Waals surface area contributed by atoms with Crippen LogP contribution >= 0.6 is 0 Å². The van der Waals surface area contributed by atoms with Crippen molar-refractivity contribution in [2.75, 3.05) is 7.11 Å². The highest BCUT2D eigenvalue weighted by molar-refractivity contribution is 6.77. The Morgan fingerprint density at radius 3 is 2.06 bits per heavy atom. The van der Waals surface area contributed by atoms with Crippen LogP contribution in [0, 0.1) is 0 Å². The highest BCUT2D eigenvalue weighted by atomic mass is 28.4. The molecule has 186 valence electrons. The molecule has 0 unspecified atom stereocenters. The molecular formula is C24H45NO6Si. The summed E-state index contributed by atoms with van der Waals surface area (Å²) >= 11 is 0. The number of hydrogen-bond donors (Lipinski definition) is 2. The van der Waals surface area contributed by atoms with Crippen LogP contribution in [0.15, 0.2) is 11.6 Å². The SMILES string of the molecule is COC(=O)[C@H](CC1=CC[C@@H](O[Si](C(C)C)(C(C)C)C(C)C)C[C@@H]1O)NC(=O)OC(C)(C)C. The van der Waals surface area contributed by atoms with Gasteiger partial charge in [0.05, 0.1) is 19.3 Å². The van der Waals surface area contributed by atoms with Crippen LogP contribution in [0.3, 0.4) is 0 Å². The summed E-state index contributed by atoms with van der Waals surface area (Å²) < 4.78 is 16.9. The molecule has 0 saturated heterocycles. The first kappa shape index (κ1) is 28.6. The van der Waals surface area contributed by atoms with Crippen molar-refractivity contribution < 1.29 is 28.6 Å². The molecule has 7 nitrogen and oxygen atoms in total. The van der Waals surface area contributed by atoms with E-state index in [1.54, 1.807) is 20.8 Å². The average molecular weight is 472 g/mol. The Labute approximate surface area is 195 Å². The van der Waals surface area contributed by atoms with Gasteiger partial charge >= 0.3 is 12.1 Å². The first-order valence-corrected chi connectivity index (χ1v) is 13.9. The number of esters is 1. The van der Waals surface area contributed by atoms with E-state index >= 15 is 0 Å². The fourth-order valence-electron chi connectivity index (χ4n) is 4.95. The van der Waals surface area contributed by atoms with Crippen molar-refractivity contribution >= 4 is 20.4 Å². The molecule has 0 aromatic rings. The van der Waals surface area contributed by atoms with E-state index in [4.69, 9.17) is 13.9 Å². The largest absolute Gasteiger partial charge is 0.467 e. The van der Waals surface area contributed by atoms with Gasteiger partial charge in [0.25, 0.3) is 0 Å². The van der Waals surface area contributed by atoms with E-state index in [-0.39, 0.29) is 12.5 Å². The summed E-state index contributed by atoms with van der Waals surface area (Å²) in [7, 11) is -0.782. The second kappa shape index (κ2) is 11.7. The Morgan fingerprint density at radius 1 is 1.12 bits per heavy atom. The Bertz CT molecular complexity index is 646. The van der Waals surface area contributed by atoms with Crippen molar-refractivity contribution in [3.05, 3.63) is 11.6 Å². The van der Waals surface area contributed by atoms with Gasteiger partial charge in [-0.15, -0.1) is 0 Å². The van der Waals surface area contributed by atoms with Crippen LogP contribution in [-0.2, 0) is 18.7 Å². The van der Waals surface area contributed by atoms with Gasteiger partial charge in [-0.1, -0.05) is 47.6 Å². The van der Waals surface area contributed by atoms with E-state index in [1.165, 1.54) is 7.11 Å². The summed E-state index contributed by atoms with van der Waals surface area (Å²) in [6.07, 6.45) is 1.79. The highest BCUT2D eigenvalue weighted by Crippen LogP contribution is 2.44. The van der Waals surface area contributed by atoms with Crippen molar-refractivity contribution in [3.63, 3.8) is 0 Å². The number of ether oxygens (including phenoxy) is 2. The number of nitrogens with one attached hydrogen (secondary N) is 1. The van der Waals surface area contributed by atoms with Crippen molar-refractivity contribution in [1.82, 2.24) is 5.32 Å². The molecule has 0 spiro atoms. The zero-order chi connectivity index (χ0) is 24.9. The molecule has 1 rings (SSSR count). The minimum atomic E-state index is -2.05. The predicted molar refractivity (Wildman–Crippen MR) is 129 cm³/mol. The molecule has 3 atom stereocenters. The summed E-state index contributed by atoms with van der Waals surface area (Å²) in [4.78, 5) is 24.4. The monoisotopic (exact) mass is 471 g/mol. The number of aliphatic hydroxyl groups excluding tert-OH is 1. The Balaban J connectivity index is 2.95. The van der Waals surface area contributed by atoms with Crippen molar-refractivity contribution in [3.8, 4) is 0 Å². The van der Waals surface area contributed by atoms with Gasteiger partial charge in [-0.05, 0) is 49.4 Å². The Hall–Kier alpha value is -1.38. The second-order valence-electron chi connectivity index (χ2n) is 10.7. The van der Waals surface area contributed by atoms with E-state index in [9.17, 15) is 14.7 Å². The maximum Gasteiger partial charge on any atom is 0.408 e. The van der Waals surface area contributed by atoms with E-state index in [0.717, 1.165) is 0 Å². The molecule has 8 heteroatoms. The fourth-order valence-corrected chi connectivity index (χ4v) is 10.5. The quantitative estimate of drug-likeness (QED) is 0.276. The van der Waals surface area contributed by atoms with Crippen LogP contribution in [0.5, 0.6) is 0 Å². The molecule has 32 heavy (non-hydrogen) atoms. The normalized spacial score (nSPS) is 20.9. The van der Waals surface area contributed by atoms with E-state index in [0.29, 0.717) is 35.0 Å². The molecule has 0 aromatic carbocycles. The lowest BCUT2D eigenvalue weighted by Gasteiger charge is -2.45. The molecule has 0 saturated carbocycles. The van der Waals surface area contributed by atoms with Gasteiger partial charge in [-0.25, -0.2) is 9.59 Å². The third kappa shape index (κ3) is 7.59. The summed E-state index contributed by atoms with van der Waals surface area (Å²) in [6, 6.07) is -0.927. The van der Waals surface area contributed by atoms with Gasteiger partial charge in [0.1, 0.15) is 11.6 Å². The Morgan fingerprint density at radius 2 is 1.66 bits per heavy atom. The van der Waals surface area contributed by atoms with Gasteiger partial charge in [0.15, 0.2) is 0 Å². The second-order valence-corrected chi connectivity index (χ2v) is 16.2. The lowest BCUT2D eigenvalue weighted by atomic mass is 9.90. The van der Waals surface area contributed by atoms with Crippen molar-refractivity contribution in [2.24, 2.45) is 0 Å². The average Bonchev–Trinajstić information content (AvgIpc) is 2.64. The van der Waals surface area contributed by atoms with Crippen LogP contribution in [0.4, 0.5) is 4.79 Å². The number of methoxy groups -OCH3 is 1. The Kier molecular flexibility index (Phi) is 10.4. The molecule has 1 amide bonds. The molecule has 0 heterocycles. The lowest BCUT2D eigenvalue weighted by molar-refractivity contribution is -0.143. The third-order valence-corrected chi connectivity index (χ3v) is 12.4. The summed E-state index contributed by atoms with van der Waals surface area (Å²) in [5.74, 6) is -0.576. The molecule has 0 radical (unpaired) electrons. The van der Waals surface area contributed by atoms with Crippen molar-refractivity contribution in [2.45, 2.75) is 122 Å². The topological polar surface area (TPSA) is 94.1 Å². The molecule has 0 bridgehead atoms. The zero-order valence-corrected chi connectivity index (χ0v) is 22.7. The molecular weight excluding hydrogens is 426 g/mol. The van der Waals surface area contributed by atoms with Gasteiger partial charge in [-0.3, -0.25) is 0 Å². The zero-order valence-electron chi connectivity index (χ0n) is 21.7. The minimum Gasteiger partial charge on any atom is -0.467 e. The van der Waals surface area contributed by atoms with E-state index in [2.05, 4.69) is 46.9 Å². The molecule has 2 N–H and O–H groups in total. The van der Waals surface area contributed by atoms with Crippen LogP contribution in [-0.4, -0.2) is 56.4 Å². The highest BCUT2D eigenvalue weighted by Gasteiger charge is 2.47. The van der Waals surface area contributed by atoms with Crippen LogP contribution in [0.1, 0.15) is 81.6 Å². The summed E-state index contributed by atoms with van der Waals surface area (Å²) in [5, 5.41) is 13.4. The van der Waals surface area contributed by atoms with Crippen LogP contribution < -0.4 is 5.32 Å². The van der Waals surface area contributed by atoms with E-state index < -0.39 is 38.1 Å². The third-order valence-electron chi connectivity index (χ3n) is 6.25. The van der Waals surface area contributed by atoms with Crippen LogP contribution in [0.25, 0.3) is 0 Å². The molecule has 1 aliphatic carbocycles. The van der Waals surface area contributed by atoms with Gasteiger partial charge < -0.3 is 24.3 Å². The summed E-state index contributed by atoms with van der Waals surface area (Å²) in [6.45, 7) is 18.7. The number of aliphatic hydroxyl groups is 1. The maximum absolute atomic E-state index is 12.2. The molecule has 0 fully saturated rings. The lowest BCUT2D eigenvalue weighted by Crippen LogP contribution is -2.51. The fraction of sp³-hybridized carbons (Fsp3) is 0.833. The molecule has 1 aliphatic rings. The summed E-state index contributed by atoms with van der Waals surface area (Å²) in [5.41, 5.74) is 1.42. The first-order valence-electron chi connectivity index (χ1n) is 11.8. The minimum absolute atomic E-state index is 0.0528. The predicted octanol–water partition coefficient (Wildman–Crippen LogP) is 5.08. The first-order chi connectivity index (χ1) is 14.6. The number of carbonyl (C=O) groups is 2. The van der Waals surface area contributed by atoms with E-state index in [1.807, 2.05) is 6.08 Å². The van der Waals surface area contributed by atoms with Gasteiger partial charge in [0.2, 0.25) is 8.32 Å². The smallest absolute Gasteiger partial charge is 0.408 e. The number of carbonyl (C=O) groups excluding carboxylic acids is 2. The number of rotatable bonds is 9. The van der Waals surface area contributed by atoms with Gasteiger partial charge in [0, 0.05) is 12.8 Å². The molecule has 0 aliphatic heterocycles. The maximum atomic E-state index is 12.2. The number of hydrogen-bond acceptors (Lipinski definition) is 6.